The first-order valence-corrected chi connectivity index (χ1v) is 15.2. The highest BCUT2D eigenvalue weighted by molar-refractivity contribution is 8.02. The van der Waals surface area contributed by atoms with E-state index in [9.17, 15) is 19.5 Å². The van der Waals surface area contributed by atoms with Crippen LogP contribution in [0.15, 0.2) is 79.9 Å². The number of halogens is 1. The number of amides is 3. The average Bonchev–Trinajstić information content (AvgIpc) is 3.56. The maximum absolute atomic E-state index is 14.5. The number of rotatable bonds is 11. The summed E-state index contributed by atoms with van der Waals surface area (Å²) in [6, 6.07) is 15.9. The van der Waals surface area contributed by atoms with Gasteiger partial charge in [0, 0.05) is 42.1 Å². The van der Waals surface area contributed by atoms with E-state index in [0.29, 0.717) is 23.8 Å². The molecular weight excluding hydrogens is 558 g/mol. The number of fused-ring (bicyclic) bond motifs is 1. The number of benzene rings is 2. The number of aliphatic hydroxyl groups excluding tert-OH is 1. The molecule has 5 rings (SSSR count). The van der Waals surface area contributed by atoms with Gasteiger partial charge in [-0.2, -0.15) is 0 Å². The van der Waals surface area contributed by atoms with Gasteiger partial charge in [-0.3, -0.25) is 14.4 Å². The molecular formula is C32H36ClN3O4S. The minimum atomic E-state index is -0.826. The summed E-state index contributed by atoms with van der Waals surface area (Å²) in [7, 11) is 0. The van der Waals surface area contributed by atoms with E-state index in [-0.39, 0.29) is 48.6 Å². The van der Waals surface area contributed by atoms with Crippen LogP contribution in [-0.4, -0.2) is 74.9 Å². The molecule has 2 bridgehead atoms. The Hall–Kier alpha value is -3.07. The quantitative estimate of drug-likeness (QED) is 0.391. The van der Waals surface area contributed by atoms with Crippen molar-refractivity contribution in [3.8, 4) is 0 Å². The molecule has 3 amide bonds. The van der Waals surface area contributed by atoms with E-state index < -0.39 is 22.6 Å². The van der Waals surface area contributed by atoms with Crippen molar-refractivity contribution in [3.05, 3.63) is 90.5 Å². The summed E-state index contributed by atoms with van der Waals surface area (Å²) in [6.07, 6.45) is 4.09. The van der Waals surface area contributed by atoms with E-state index in [1.807, 2.05) is 30.3 Å². The zero-order valence-corrected chi connectivity index (χ0v) is 24.8. The molecule has 9 heteroatoms. The van der Waals surface area contributed by atoms with Gasteiger partial charge < -0.3 is 19.8 Å². The Labute approximate surface area is 250 Å². The molecule has 3 heterocycles. The zero-order valence-electron chi connectivity index (χ0n) is 23.2. The monoisotopic (exact) mass is 593 g/mol. The SMILES string of the molecule is C=CCN(Cc1ccccc1)C(=O)[C@@H]1[C@@H]2CC(C)C3(S2)C(C(=O)N(CC=C)c2ccc(Cl)cc2)N(CCO)C(=O)[C@H]13. The van der Waals surface area contributed by atoms with E-state index in [4.69, 9.17) is 11.6 Å². The van der Waals surface area contributed by atoms with Crippen molar-refractivity contribution in [2.75, 3.05) is 31.1 Å². The van der Waals surface area contributed by atoms with Gasteiger partial charge in [-0.05, 0) is 42.2 Å². The maximum Gasteiger partial charge on any atom is 0.251 e. The lowest BCUT2D eigenvalue weighted by Gasteiger charge is -2.41. The second-order valence-corrected chi connectivity index (χ2v) is 13.0. The predicted molar refractivity (Wildman–Crippen MR) is 164 cm³/mol. The molecule has 7 nitrogen and oxygen atoms in total. The average molecular weight is 594 g/mol. The Bertz CT molecular complexity index is 1320. The Balaban J connectivity index is 1.54. The van der Waals surface area contributed by atoms with Crippen LogP contribution >= 0.6 is 23.4 Å². The van der Waals surface area contributed by atoms with Crippen molar-refractivity contribution in [2.45, 2.75) is 35.9 Å². The molecule has 2 aromatic rings. The molecule has 6 atom stereocenters. The van der Waals surface area contributed by atoms with Crippen LogP contribution in [0.1, 0.15) is 18.9 Å². The molecule has 1 spiro atoms. The summed E-state index contributed by atoms with van der Waals surface area (Å²) in [6.45, 7) is 10.6. The number of carbonyl (C=O) groups is 3. The van der Waals surface area contributed by atoms with Gasteiger partial charge in [-0.15, -0.1) is 24.9 Å². The molecule has 0 aromatic heterocycles. The molecule has 3 saturated heterocycles. The van der Waals surface area contributed by atoms with Crippen LogP contribution in [0.5, 0.6) is 0 Å². The number of aliphatic hydroxyl groups is 1. The third kappa shape index (κ3) is 5.00. The number of hydrogen-bond donors (Lipinski definition) is 1. The highest BCUT2D eigenvalue weighted by Gasteiger charge is 2.76. The Kier molecular flexibility index (Phi) is 8.64. The lowest BCUT2D eigenvalue weighted by molar-refractivity contribution is -0.144. The minimum Gasteiger partial charge on any atom is -0.395 e. The van der Waals surface area contributed by atoms with E-state index in [0.717, 1.165) is 12.0 Å². The van der Waals surface area contributed by atoms with Gasteiger partial charge in [-0.25, -0.2) is 0 Å². The van der Waals surface area contributed by atoms with E-state index in [1.54, 1.807) is 58.0 Å². The van der Waals surface area contributed by atoms with Crippen molar-refractivity contribution < 1.29 is 19.5 Å². The first kappa shape index (κ1) is 29.4. The van der Waals surface area contributed by atoms with Crippen LogP contribution in [0, 0.1) is 17.8 Å². The minimum absolute atomic E-state index is 0.0194. The summed E-state index contributed by atoms with van der Waals surface area (Å²) in [5.41, 5.74) is 1.64. The summed E-state index contributed by atoms with van der Waals surface area (Å²) in [5, 5.41) is 10.5. The number of carbonyl (C=O) groups excluding carboxylic acids is 3. The lowest BCUT2D eigenvalue weighted by atomic mass is 9.65. The number of thioether (sulfide) groups is 1. The fraction of sp³-hybridized carbons (Fsp3) is 0.406. The zero-order chi connectivity index (χ0) is 29.3. The van der Waals surface area contributed by atoms with Gasteiger partial charge in [0.15, 0.2) is 0 Å². The fourth-order valence-electron chi connectivity index (χ4n) is 7.05. The molecule has 3 aliphatic rings. The number of anilines is 1. The smallest absolute Gasteiger partial charge is 0.251 e. The summed E-state index contributed by atoms with van der Waals surface area (Å²) in [4.78, 5) is 48.0. The van der Waals surface area contributed by atoms with E-state index >= 15 is 0 Å². The molecule has 3 aliphatic heterocycles. The molecule has 216 valence electrons. The van der Waals surface area contributed by atoms with E-state index in [2.05, 4.69) is 20.1 Å². The van der Waals surface area contributed by atoms with Crippen LogP contribution in [0.25, 0.3) is 0 Å². The standard InChI is InChI=1S/C32H36ClN3O4S/c1-4-15-34(20-22-9-7-6-8-10-22)29(38)26-25-19-21(3)32(41-25)27(26)30(39)36(17-18-37)28(32)31(40)35(16-5-2)24-13-11-23(33)12-14-24/h4-14,21,25-28,37H,1-2,15-20H2,3H3/t21?,25-,26+,27-,28?,32?/m0/s1. The van der Waals surface area contributed by atoms with Gasteiger partial charge in [0.2, 0.25) is 11.8 Å². The van der Waals surface area contributed by atoms with Crippen molar-refractivity contribution in [2.24, 2.45) is 17.8 Å². The highest BCUT2D eigenvalue weighted by atomic mass is 35.5. The molecule has 2 aromatic carbocycles. The number of hydrogen-bond acceptors (Lipinski definition) is 5. The number of β-amino-alcohol motifs (C(OH)–C–C–N with tert-alkyl or cyclic N) is 1. The number of nitrogens with zero attached hydrogens (tertiary/aromatic N) is 3. The van der Waals surface area contributed by atoms with E-state index in [1.165, 1.54) is 4.90 Å². The fourth-order valence-corrected chi connectivity index (χ4v) is 9.59. The van der Waals surface area contributed by atoms with Crippen LogP contribution in [0.4, 0.5) is 5.69 Å². The van der Waals surface area contributed by atoms with Crippen LogP contribution in [-0.2, 0) is 20.9 Å². The Morgan fingerprint density at radius 3 is 2.41 bits per heavy atom. The van der Waals surface area contributed by atoms with Crippen molar-refractivity contribution in [1.29, 1.82) is 0 Å². The first-order chi connectivity index (χ1) is 19.8. The predicted octanol–water partition coefficient (Wildman–Crippen LogP) is 4.40. The largest absolute Gasteiger partial charge is 0.395 e. The molecule has 1 N–H and O–H groups in total. The lowest BCUT2D eigenvalue weighted by Crippen LogP contribution is -2.58. The topological polar surface area (TPSA) is 81.2 Å². The summed E-state index contributed by atoms with van der Waals surface area (Å²) < 4.78 is -0.785. The summed E-state index contributed by atoms with van der Waals surface area (Å²) in [5.74, 6) is -1.76. The van der Waals surface area contributed by atoms with Gasteiger partial charge in [-0.1, -0.05) is 61.0 Å². The molecule has 0 radical (unpaired) electrons. The Morgan fingerprint density at radius 2 is 1.78 bits per heavy atom. The normalized spacial score (nSPS) is 27.9. The van der Waals surface area contributed by atoms with Crippen molar-refractivity contribution in [1.82, 2.24) is 9.80 Å². The maximum atomic E-state index is 14.5. The van der Waals surface area contributed by atoms with Crippen LogP contribution in [0.3, 0.4) is 0 Å². The van der Waals surface area contributed by atoms with Crippen molar-refractivity contribution >= 4 is 46.8 Å². The first-order valence-electron chi connectivity index (χ1n) is 14.0. The van der Waals surface area contributed by atoms with Crippen LogP contribution < -0.4 is 4.90 Å². The number of likely N-dealkylation sites (tertiary alicyclic amines) is 1. The highest BCUT2D eigenvalue weighted by Crippen LogP contribution is 2.69. The van der Waals surface area contributed by atoms with Gasteiger partial charge in [0.05, 0.1) is 23.2 Å². The van der Waals surface area contributed by atoms with Gasteiger partial charge >= 0.3 is 0 Å². The molecule has 3 unspecified atom stereocenters. The third-order valence-electron chi connectivity index (χ3n) is 8.70. The summed E-state index contributed by atoms with van der Waals surface area (Å²) >= 11 is 7.75. The second kappa shape index (κ2) is 12.0. The van der Waals surface area contributed by atoms with Gasteiger partial charge in [0.1, 0.15) is 6.04 Å². The molecule has 0 aliphatic carbocycles. The molecule has 41 heavy (non-hydrogen) atoms. The molecule has 0 saturated carbocycles. The van der Waals surface area contributed by atoms with Crippen molar-refractivity contribution in [3.63, 3.8) is 0 Å². The Morgan fingerprint density at radius 1 is 1.10 bits per heavy atom. The van der Waals surface area contributed by atoms with Crippen LogP contribution in [0.2, 0.25) is 5.02 Å². The molecule has 3 fully saturated rings. The third-order valence-corrected chi connectivity index (χ3v) is 11.0. The van der Waals surface area contributed by atoms with Gasteiger partial charge in [0.25, 0.3) is 5.91 Å². The second-order valence-electron chi connectivity index (χ2n) is 11.0.